The molecule has 0 N–H and O–H groups in total. The molecule has 0 saturated carbocycles. The standard InChI is InChI=1S/C19H39O2.HI.Mg/c1-5-7-8-9-10-14-20-17-21-15-11-13-19(4)16-18(3)12-6-2;;/h6,18-19H,5,7-17H2,1-4H3;1H;/q-1;;+2/p-1. The average molecular weight is 451 g/mol. The van der Waals surface area contributed by atoms with E-state index in [2.05, 4.69) is 34.1 Å². The Hall–Kier alpha value is 1.42. The Kier molecular flexibility index (Phi) is 29.7. The predicted molar refractivity (Wildman–Crippen MR) is 98.1 cm³/mol. The molecule has 0 fully saturated rings. The van der Waals surface area contributed by atoms with Gasteiger partial charge in [0.2, 0.25) is 0 Å². The van der Waals surface area contributed by atoms with Crippen LogP contribution in [0.15, 0.2) is 0 Å². The zero-order chi connectivity index (χ0) is 15.8. The Labute approximate surface area is 179 Å². The molecule has 0 spiro atoms. The zero-order valence-electron chi connectivity index (χ0n) is 16.1. The van der Waals surface area contributed by atoms with Crippen molar-refractivity contribution < 1.29 is 33.5 Å². The van der Waals surface area contributed by atoms with E-state index in [9.17, 15) is 0 Å². The van der Waals surface area contributed by atoms with Crippen molar-refractivity contribution in [3.8, 4) is 0 Å². The molecule has 0 saturated heterocycles. The van der Waals surface area contributed by atoms with Gasteiger partial charge in [-0.2, -0.15) is 13.3 Å². The fourth-order valence-electron chi connectivity index (χ4n) is 2.82. The number of hydrogen-bond donors (Lipinski definition) is 0. The molecule has 2 unspecified atom stereocenters. The molecule has 0 aliphatic carbocycles. The second-order valence-electron chi connectivity index (χ2n) is 6.58. The summed E-state index contributed by atoms with van der Waals surface area (Å²) in [6.45, 7) is 11.3. The van der Waals surface area contributed by atoms with E-state index in [0.29, 0.717) is 6.79 Å². The first-order valence-corrected chi connectivity index (χ1v) is 9.14. The van der Waals surface area contributed by atoms with Crippen LogP contribution >= 0.6 is 0 Å². The summed E-state index contributed by atoms with van der Waals surface area (Å²) in [5, 5.41) is 0. The van der Waals surface area contributed by atoms with Crippen LogP contribution in [0.25, 0.3) is 0 Å². The van der Waals surface area contributed by atoms with Crippen molar-refractivity contribution in [1.29, 1.82) is 0 Å². The van der Waals surface area contributed by atoms with Gasteiger partial charge < -0.3 is 39.9 Å². The molecule has 0 amide bonds. The Morgan fingerprint density at radius 3 is 2.09 bits per heavy atom. The van der Waals surface area contributed by atoms with E-state index in [-0.39, 0.29) is 47.0 Å². The summed E-state index contributed by atoms with van der Waals surface area (Å²) in [7, 11) is 0. The third-order valence-corrected chi connectivity index (χ3v) is 3.99. The Balaban J connectivity index is -0.00000200. The quantitative estimate of drug-likeness (QED) is 0.118. The molecule has 0 heterocycles. The molecular weight excluding hydrogens is 411 g/mol. The summed E-state index contributed by atoms with van der Waals surface area (Å²) in [6.07, 6.45) is 13.7. The van der Waals surface area contributed by atoms with Gasteiger partial charge in [-0.25, -0.2) is 0 Å². The van der Waals surface area contributed by atoms with E-state index in [4.69, 9.17) is 9.47 Å². The van der Waals surface area contributed by atoms with Crippen molar-refractivity contribution in [2.75, 3.05) is 20.0 Å². The molecule has 0 aliphatic heterocycles. The Bertz CT molecular complexity index is 206. The molecule has 2 atom stereocenters. The molecule has 0 aromatic rings. The van der Waals surface area contributed by atoms with Crippen molar-refractivity contribution >= 4 is 23.1 Å². The fraction of sp³-hybridized carbons (Fsp3) is 0.947. The molecule has 0 aromatic heterocycles. The summed E-state index contributed by atoms with van der Waals surface area (Å²) < 4.78 is 11.0. The molecule has 0 aliphatic rings. The van der Waals surface area contributed by atoms with E-state index in [1.54, 1.807) is 0 Å². The van der Waals surface area contributed by atoms with Gasteiger partial charge in [0.05, 0.1) is 0 Å². The second kappa shape index (κ2) is 23.4. The van der Waals surface area contributed by atoms with Crippen LogP contribution in [0, 0.1) is 18.3 Å². The van der Waals surface area contributed by atoms with Gasteiger partial charge in [0.25, 0.3) is 0 Å². The van der Waals surface area contributed by atoms with E-state index in [0.717, 1.165) is 31.5 Å². The first-order chi connectivity index (χ1) is 10.2. The first kappa shape index (κ1) is 29.2. The average Bonchev–Trinajstić information content (AvgIpc) is 2.45. The maximum atomic E-state index is 5.54. The van der Waals surface area contributed by atoms with Gasteiger partial charge in [-0.3, -0.25) is 0 Å². The predicted octanol–water partition coefficient (Wildman–Crippen LogP) is 2.63. The number of rotatable bonds is 16. The Morgan fingerprint density at radius 2 is 1.48 bits per heavy atom. The summed E-state index contributed by atoms with van der Waals surface area (Å²) in [6, 6.07) is 0. The van der Waals surface area contributed by atoms with Gasteiger partial charge >= 0.3 is 23.1 Å². The second-order valence-corrected chi connectivity index (χ2v) is 6.58. The third-order valence-electron chi connectivity index (χ3n) is 3.99. The minimum absolute atomic E-state index is 0. The number of halogens is 1. The van der Waals surface area contributed by atoms with Crippen molar-refractivity contribution in [3.63, 3.8) is 0 Å². The summed E-state index contributed by atoms with van der Waals surface area (Å²) in [5.41, 5.74) is 0. The molecule has 0 aromatic carbocycles. The molecule has 4 heteroatoms. The van der Waals surface area contributed by atoms with Gasteiger partial charge in [0, 0.05) is 13.2 Å². The van der Waals surface area contributed by atoms with Crippen LogP contribution in [0.4, 0.5) is 0 Å². The Morgan fingerprint density at radius 1 is 0.870 bits per heavy atom. The van der Waals surface area contributed by atoms with Gasteiger partial charge in [0.15, 0.2) is 0 Å². The topological polar surface area (TPSA) is 18.5 Å². The van der Waals surface area contributed by atoms with E-state index >= 15 is 0 Å². The van der Waals surface area contributed by atoms with Crippen LogP contribution in [-0.4, -0.2) is 43.1 Å². The maximum Gasteiger partial charge on any atom is 2.00 e. The zero-order valence-corrected chi connectivity index (χ0v) is 19.7. The van der Waals surface area contributed by atoms with Crippen LogP contribution in [0.3, 0.4) is 0 Å². The van der Waals surface area contributed by atoms with E-state index in [1.807, 2.05) is 0 Å². The van der Waals surface area contributed by atoms with Crippen molar-refractivity contribution in [2.45, 2.75) is 85.5 Å². The van der Waals surface area contributed by atoms with Crippen molar-refractivity contribution in [1.82, 2.24) is 0 Å². The SMILES string of the molecule is C[CH-]CC(C)CC(C)CCCOCOCCCCCCC.[I-].[Mg+2]. The molecule has 0 rings (SSSR count). The van der Waals surface area contributed by atoms with Crippen LogP contribution in [0.1, 0.15) is 85.5 Å². The monoisotopic (exact) mass is 450 g/mol. The summed E-state index contributed by atoms with van der Waals surface area (Å²) in [5.74, 6) is 1.63. The first-order valence-electron chi connectivity index (χ1n) is 9.14. The van der Waals surface area contributed by atoms with Gasteiger partial charge in [-0.05, 0) is 25.2 Å². The number of ether oxygens (including phenoxy) is 2. The number of unbranched alkanes of at least 4 members (excludes halogenated alkanes) is 4. The van der Waals surface area contributed by atoms with Crippen LogP contribution < -0.4 is 24.0 Å². The number of hydrogen-bond acceptors (Lipinski definition) is 2. The maximum absolute atomic E-state index is 5.54. The normalized spacial score (nSPS) is 13.0. The van der Waals surface area contributed by atoms with Crippen LogP contribution in [-0.2, 0) is 9.47 Å². The smallest absolute Gasteiger partial charge is 1.00 e. The third kappa shape index (κ3) is 23.4. The van der Waals surface area contributed by atoms with Crippen molar-refractivity contribution in [3.05, 3.63) is 6.42 Å². The molecule has 23 heavy (non-hydrogen) atoms. The van der Waals surface area contributed by atoms with Crippen LogP contribution in [0.5, 0.6) is 0 Å². The minimum atomic E-state index is 0. The van der Waals surface area contributed by atoms with E-state index in [1.165, 1.54) is 51.4 Å². The van der Waals surface area contributed by atoms with Gasteiger partial charge in [0.1, 0.15) is 6.79 Å². The van der Waals surface area contributed by atoms with Gasteiger partial charge in [-0.1, -0.05) is 58.8 Å². The van der Waals surface area contributed by atoms with Crippen LogP contribution in [0.2, 0.25) is 0 Å². The van der Waals surface area contributed by atoms with Crippen molar-refractivity contribution in [2.24, 2.45) is 11.8 Å². The summed E-state index contributed by atoms with van der Waals surface area (Å²) >= 11 is 0. The molecule has 136 valence electrons. The molecular formula is C19H39IMgO2. The van der Waals surface area contributed by atoms with E-state index < -0.39 is 0 Å². The largest absolute Gasteiger partial charge is 2.00 e. The minimum Gasteiger partial charge on any atom is -1.00 e. The molecule has 0 radical (unpaired) electrons. The molecule has 2 nitrogen and oxygen atoms in total. The van der Waals surface area contributed by atoms with Gasteiger partial charge in [-0.15, -0.1) is 0 Å². The fourth-order valence-corrected chi connectivity index (χ4v) is 2.82. The summed E-state index contributed by atoms with van der Waals surface area (Å²) in [4.78, 5) is 0. The molecule has 0 bridgehead atoms.